The largest absolute Gasteiger partial charge is 0.481 e. The molecule has 0 aromatic rings. The summed E-state index contributed by atoms with van der Waals surface area (Å²) in [5.74, 6) is -1.16. The zero-order chi connectivity index (χ0) is 25.0. The van der Waals surface area contributed by atoms with E-state index in [1.165, 1.54) is 14.2 Å². The molecule has 11 heteroatoms. The first-order valence-corrected chi connectivity index (χ1v) is 9.87. The molecule has 11 nitrogen and oxygen atoms in total. The zero-order valence-electron chi connectivity index (χ0n) is 20.3. The Morgan fingerprint density at radius 2 is 1.19 bits per heavy atom. The first-order valence-electron chi connectivity index (χ1n) is 9.87. The smallest absolute Gasteiger partial charge is 0.407 e. The maximum atomic E-state index is 11.5. The number of hydroxylamine groups is 2. The molecular formula is C20H39N3O8. The third-order valence-corrected chi connectivity index (χ3v) is 3.11. The van der Waals surface area contributed by atoms with Gasteiger partial charge in [-0.2, -0.15) is 0 Å². The minimum Gasteiger partial charge on any atom is -0.481 e. The lowest BCUT2D eigenvalue weighted by atomic mass is 10.2. The van der Waals surface area contributed by atoms with E-state index in [-0.39, 0.29) is 24.8 Å². The van der Waals surface area contributed by atoms with Crippen LogP contribution in [0.1, 0.15) is 68.2 Å². The number of carboxylic acid groups (broad SMARTS) is 1. The summed E-state index contributed by atoms with van der Waals surface area (Å²) in [4.78, 5) is 49.0. The van der Waals surface area contributed by atoms with E-state index >= 15 is 0 Å². The van der Waals surface area contributed by atoms with E-state index in [1.807, 2.05) is 0 Å². The van der Waals surface area contributed by atoms with E-state index in [0.717, 1.165) is 5.06 Å². The SMILES string of the molecule is CON(C)C(=O)C[C@H](C)NC(=O)OC(C)(C)C.C[C@@H](CC(=O)O)NC(=O)OC(C)(C)C. The Labute approximate surface area is 184 Å². The van der Waals surface area contributed by atoms with Gasteiger partial charge in [0.15, 0.2) is 0 Å². The Balaban J connectivity index is 0. The molecule has 3 N–H and O–H groups in total. The standard InChI is InChI=1S/C11H22N2O4.C9H17NO4/c1-8(7-9(14)13(5)16-6)12-10(15)17-11(2,3)4;1-6(5-7(11)12)10-8(13)14-9(2,3)4/h8H,7H2,1-6H3,(H,12,15);6H,5H2,1-4H3,(H,10,13)(H,11,12)/t8-;6-/m00/s1. The van der Waals surface area contributed by atoms with Crippen molar-refractivity contribution in [3.05, 3.63) is 0 Å². The number of rotatable bonds is 7. The molecular weight excluding hydrogens is 410 g/mol. The molecule has 0 aromatic heterocycles. The van der Waals surface area contributed by atoms with E-state index < -0.39 is 35.4 Å². The average Bonchev–Trinajstić information content (AvgIpc) is 2.49. The van der Waals surface area contributed by atoms with Gasteiger partial charge in [-0.1, -0.05) is 0 Å². The fourth-order valence-corrected chi connectivity index (χ4v) is 1.87. The van der Waals surface area contributed by atoms with E-state index in [9.17, 15) is 19.2 Å². The molecule has 0 spiro atoms. The molecule has 31 heavy (non-hydrogen) atoms. The number of alkyl carbamates (subject to hydrolysis) is 2. The van der Waals surface area contributed by atoms with Crippen LogP contribution in [0, 0.1) is 0 Å². The Bertz CT molecular complexity index is 596. The van der Waals surface area contributed by atoms with Gasteiger partial charge in [0.05, 0.1) is 13.5 Å². The summed E-state index contributed by atoms with van der Waals surface area (Å²) in [5.41, 5.74) is -1.11. The summed E-state index contributed by atoms with van der Waals surface area (Å²) in [6.45, 7) is 13.9. The van der Waals surface area contributed by atoms with E-state index in [1.54, 1.807) is 55.4 Å². The maximum absolute atomic E-state index is 11.5. The van der Waals surface area contributed by atoms with Gasteiger partial charge in [-0.25, -0.2) is 14.7 Å². The molecule has 0 unspecified atom stereocenters. The number of amides is 3. The van der Waals surface area contributed by atoms with Crippen molar-refractivity contribution >= 4 is 24.1 Å². The van der Waals surface area contributed by atoms with Crippen LogP contribution in [0.3, 0.4) is 0 Å². The van der Waals surface area contributed by atoms with Gasteiger partial charge < -0.3 is 25.2 Å². The summed E-state index contributed by atoms with van der Waals surface area (Å²) in [7, 11) is 2.92. The summed E-state index contributed by atoms with van der Waals surface area (Å²) in [6.07, 6.45) is -1.08. The number of carboxylic acids is 1. The second-order valence-electron chi connectivity index (χ2n) is 8.97. The molecule has 0 rings (SSSR count). The molecule has 3 amide bonds. The van der Waals surface area contributed by atoms with Crippen LogP contribution >= 0.6 is 0 Å². The Hall–Kier alpha value is -2.56. The summed E-state index contributed by atoms with van der Waals surface area (Å²) in [6, 6.07) is -0.739. The quantitative estimate of drug-likeness (QED) is 0.503. The van der Waals surface area contributed by atoms with E-state index in [4.69, 9.17) is 19.4 Å². The van der Waals surface area contributed by atoms with Crippen LogP contribution in [-0.2, 0) is 23.9 Å². The molecule has 0 saturated carbocycles. The minimum atomic E-state index is -0.950. The van der Waals surface area contributed by atoms with Gasteiger partial charge in [-0.05, 0) is 55.4 Å². The number of hydrogen-bond donors (Lipinski definition) is 3. The third kappa shape index (κ3) is 20.5. The molecule has 0 aromatic carbocycles. The fraction of sp³-hybridized carbons (Fsp3) is 0.800. The van der Waals surface area contributed by atoms with Gasteiger partial charge in [0.2, 0.25) is 5.91 Å². The molecule has 0 aliphatic heterocycles. The highest BCUT2D eigenvalue weighted by molar-refractivity contribution is 5.76. The molecule has 0 aliphatic rings. The molecule has 0 heterocycles. The highest BCUT2D eigenvalue weighted by Crippen LogP contribution is 2.08. The lowest BCUT2D eigenvalue weighted by molar-refractivity contribution is -0.169. The van der Waals surface area contributed by atoms with Crippen LogP contribution in [-0.4, -0.2) is 71.7 Å². The number of carbonyl (C=O) groups is 4. The molecule has 0 fully saturated rings. The van der Waals surface area contributed by atoms with Gasteiger partial charge in [-0.3, -0.25) is 14.4 Å². The molecule has 0 radical (unpaired) electrons. The van der Waals surface area contributed by atoms with Crippen molar-refractivity contribution in [2.24, 2.45) is 0 Å². The Morgan fingerprint density at radius 3 is 1.48 bits per heavy atom. The van der Waals surface area contributed by atoms with Gasteiger partial charge in [-0.15, -0.1) is 0 Å². The van der Waals surface area contributed by atoms with Crippen molar-refractivity contribution in [3.63, 3.8) is 0 Å². The summed E-state index contributed by atoms with van der Waals surface area (Å²) < 4.78 is 10.0. The van der Waals surface area contributed by atoms with Crippen molar-refractivity contribution in [1.82, 2.24) is 15.7 Å². The lowest BCUT2D eigenvalue weighted by Gasteiger charge is -2.22. The third-order valence-electron chi connectivity index (χ3n) is 3.11. The van der Waals surface area contributed by atoms with Gasteiger partial charge in [0, 0.05) is 25.6 Å². The van der Waals surface area contributed by atoms with Crippen LogP contribution < -0.4 is 10.6 Å². The normalized spacial score (nSPS) is 13.0. The molecule has 0 bridgehead atoms. The van der Waals surface area contributed by atoms with Crippen LogP contribution in [0.5, 0.6) is 0 Å². The highest BCUT2D eigenvalue weighted by atomic mass is 16.7. The second kappa shape index (κ2) is 13.7. The van der Waals surface area contributed by atoms with Gasteiger partial charge >= 0.3 is 18.2 Å². The predicted octanol–water partition coefficient (Wildman–Crippen LogP) is 2.68. The number of ether oxygens (including phenoxy) is 2. The first kappa shape index (κ1) is 30.6. The topological polar surface area (TPSA) is 144 Å². The van der Waals surface area contributed by atoms with Crippen LogP contribution in [0.25, 0.3) is 0 Å². The highest BCUT2D eigenvalue weighted by Gasteiger charge is 2.20. The maximum Gasteiger partial charge on any atom is 0.407 e. The summed E-state index contributed by atoms with van der Waals surface area (Å²) in [5, 5.41) is 14.6. The molecule has 2 atom stereocenters. The van der Waals surface area contributed by atoms with Crippen molar-refractivity contribution < 1.29 is 38.6 Å². The number of carbonyl (C=O) groups excluding carboxylic acids is 3. The average molecular weight is 450 g/mol. The second-order valence-corrected chi connectivity index (χ2v) is 8.97. The van der Waals surface area contributed by atoms with E-state index in [0.29, 0.717) is 0 Å². The fourth-order valence-electron chi connectivity index (χ4n) is 1.87. The Kier molecular flexibility index (Phi) is 13.5. The van der Waals surface area contributed by atoms with Gasteiger partial charge in [0.25, 0.3) is 0 Å². The first-order chi connectivity index (χ1) is 13.9. The van der Waals surface area contributed by atoms with Crippen molar-refractivity contribution in [3.8, 4) is 0 Å². The van der Waals surface area contributed by atoms with E-state index in [2.05, 4.69) is 10.6 Å². The van der Waals surface area contributed by atoms with Crippen molar-refractivity contribution in [1.29, 1.82) is 0 Å². The van der Waals surface area contributed by atoms with Crippen molar-refractivity contribution in [2.75, 3.05) is 14.2 Å². The molecule has 0 aliphatic carbocycles. The number of nitrogens with one attached hydrogen (secondary N) is 2. The van der Waals surface area contributed by atoms with Crippen LogP contribution in [0.2, 0.25) is 0 Å². The monoisotopic (exact) mass is 449 g/mol. The number of aliphatic carboxylic acids is 1. The summed E-state index contributed by atoms with van der Waals surface area (Å²) >= 11 is 0. The predicted molar refractivity (Wildman–Crippen MR) is 114 cm³/mol. The number of nitrogens with zero attached hydrogens (tertiary/aromatic N) is 1. The molecule has 0 saturated heterocycles. The van der Waals surface area contributed by atoms with Crippen LogP contribution in [0.4, 0.5) is 9.59 Å². The van der Waals surface area contributed by atoms with Gasteiger partial charge in [0.1, 0.15) is 11.2 Å². The number of hydrogen-bond acceptors (Lipinski definition) is 7. The van der Waals surface area contributed by atoms with Crippen LogP contribution in [0.15, 0.2) is 0 Å². The molecule has 182 valence electrons. The van der Waals surface area contributed by atoms with Crippen molar-refractivity contribution in [2.45, 2.75) is 91.5 Å². The lowest BCUT2D eigenvalue weighted by Crippen LogP contribution is -2.40. The zero-order valence-corrected chi connectivity index (χ0v) is 20.3. The Morgan fingerprint density at radius 1 is 0.839 bits per heavy atom. The minimum absolute atomic E-state index is 0.112.